The molecule has 1 saturated carbocycles. The fraction of sp³-hybridized carbons (Fsp3) is 0.357. The molecule has 4 heteroatoms. The molecule has 1 heterocycles. The zero-order chi connectivity index (χ0) is 12.5. The third kappa shape index (κ3) is 2.28. The van der Waals surface area contributed by atoms with Crippen LogP contribution in [0.5, 0.6) is 0 Å². The van der Waals surface area contributed by atoms with Crippen molar-refractivity contribution >= 4 is 11.6 Å². The van der Waals surface area contributed by atoms with Gasteiger partial charge in [-0.2, -0.15) is 0 Å². The molecule has 1 aromatic carbocycles. The van der Waals surface area contributed by atoms with Crippen LogP contribution in [-0.4, -0.2) is 11.0 Å². The lowest BCUT2D eigenvalue weighted by Crippen LogP contribution is -2.16. The number of benzene rings is 1. The fourth-order valence-corrected chi connectivity index (χ4v) is 2.18. The topological polar surface area (TPSA) is 38.1 Å². The van der Waals surface area contributed by atoms with Crippen LogP contribution in [0.2, 0.25) is 5.02 Å². The highest BCUT2D eigenvalue weighted by Gasteiger charge is 2.22. The van der Waals surface area contributed by atoms with Crippen molar-refractivity contribution < 1.29 is 4.42 Å². The predicted octanol–water partition coefficient (Wildman–Crippen LogP) is 3.56. The molecule has 0 saturated heterocycles. The molecule has 3 rings (SSSR count). The summed E-state index contributed by atoms with van der Waals surface area (Å²) >= 11 is 6.32. The lowest BCUT2D eigenvalue weighted by atomic mass is 10.1. The monoisotopic (exact) mass is 262 g/mol. The molecule has 0 unspecified atom stereocenters. The van der Waals surface area contributed by atoms with Crippen molar-refractivity contribution in [2.75, 3.05) is 0 Å². The normalized spacial score (nSPS) is 15.0. The first-order valence-electron chi connectivity index (χ1n) is 6.17. The molecule has 0 aliphatic heterocycles. The van der Waals surface area contributed by atoms with E-state index in [9.17, 15) is 0 Å². The second-order valence-electron chi connectivity index (χ2n) is 4.72. The van der Waals surface area contributed by atoms with Crippen molar-refractivity contribution in [2.24, 2.45) is 0 Å². The maximum atomic E-state index is 6.32. The van der Waals surface area contributed by atoms with Crippen LogP contribution in [0.15, 0.2) is 29.0 Å². The summed E-state index contributed by atoms with van der Waals surface area (Å²) in [6.07, 6.45) is 4.01. The van der Waals surface area contributed by atoms with Gasteiger partial charge in [0.2, 0.25) is 0 Å². The molecule has 0 spiro atoms. The summed E-state index contributed by atoms with van der Waals surface area (Å²) in [7, 11) is 0. The minimum Gasteiger partial charge on any atom is -0.443 e. The van der Waals surface area contributed by atoms with Gasteiger partial charge in [0.15, 0.2) is 12.2 Å². The largest absolute Gasteiger partial charge is 0.443 e. The van der Waals surface area contributed by atoms with Gasteiger partial charge in [0.05, 0.1) is 5.02 Å². The quantitative estimate of drug-likeness (QED) is 0.916. The number of aromatic nitrogens is 1. The van der Waals surface area contributed by atoms with Crippen LogP contribution in [0.4, 0.5) is 0 Å². The smallest absolute Gasteiger partial charge is 0.181 e. The average Bonchev–Trinajstić information content (AvgIpc) is 3.08. The van der Waals surface area contributed by atoms with Crippen molar-refractivity contribution in [3.8, 4) is 11.3 Å². The van der Waals surface area contributed by atoms with Crippen molar-refractivity contribution in [1.29, 1.82) is 0 Å². The van der Waals surface area contributed by atoms with Gasteiger partial charge in [0.1, 0.15) is 5.69 Å². The number of hydrogen-bond donors (Lipinski definition) is 1. The summed E-state index contributed by atoms with van der Waals surface area (Å²) in [6, 6.07) is 6.60. The van der Waals surface area contributed by atoms with E-state index in [2.05, 4.69) is 10.3 Å². The van der Waals surface area contributed by atoms with E-state index in [4.69, 9.17) is 16.0 Å². The molecule has 1 N–H and O–H groups in total. The highest BCUT2D eigenvalue weighted by atomic mass is 35.5. The average molecular weight is 263 g/mol. The van der Waals surface area contributed by atoms with E-state index in [1.165, 1.54) is 19.2 Å². The number of nitrogens with zero attached hydrogens (tertiary/aromatic N) is 1. The maximum Gasteiger partial charge on any atom is 0.181 e. The van der Waals surface area contributed by atoms with Gasteiger partial charge in [-0.15, -0.1) is 0 Å². The summed E-state index contributed by atoms with van der Waals surface area (Å²) in [4.78, 5) is 4.28. The van der Waals surface area contributed by atoms with Crippen LogP contribution in [0.25, 0.3) is 11.3 Å². The maximum absolute atomic E-state index is 6.32. The lowest BCUT2D eigenvalue weighted by Gasteiger charge is -2.06. The van der Waals surface area contributed by atoms with Gasteiger partial charge in [-0.05, 0) is 31.4 Å². The molecule has 2 aromatic rings. The molecule has 1 fully saturated rings. The molecule has 0 amide bonds. The van der Waals surface area contributed by atoms with Crippen LogP contribution in [0.3, 0.4) is 0 Å². The number of nitrogens with one attached hydrogen (secondary N) is 1. The number of aryl methyl sites for hydroxylation is 1. The summed E-state index contributed by atoms with van der Waals surface area (Å²) in [5, 5.41) is 4.18. The minimum absolute atomic E-state index is 0.655. The Hall–Kier alpha value is -1.32. The Bertz CT molecular complexity index is 561. The zero-order valence-electron chi connectivity index (χ0n) is 10.2. The molecule has 3 nitrogen and oxygen atoms in total. The minimum atomic E-state index is 0.655. The molecule has 0 atom stereocenters. The van der Waals surface area contributed by atoms with Crippen molar-refractivity contribution in [3.05, 3.63) is 40.9 Å². The van der Waals surface area contributed by atoms with E-state index in [-0.39, 0.29) is 0 Å². The van der Waals surface area contributed by atoms with E-state index in [0.29, 0.717) is 6.04 Å². The molecular weight excluding hydrogens is 248 g/mol. The first-order valence-corrected chi connectivity index (χ1v) is 6.54. The zero-order valence-corrected chi connectivity index (χ0v) is 11.0. The second-order valence-corrected chi connectivity index (χ2v) is 5.10. The summed E-state index contributed by atoms with van der Waals surface area (Å²) in [6.45, 7) is 2.73. The van der Waals surface area contributed by atoms with Crippen LogP contribution < -0.4 is 5.32 Å². The third-order valence-electron chi connectivity index (χ3n) is 3.21. The number of rotatable bonds is 4. The first-order chi connectivity index (χ1) is 8.75. The Labute approximate surface area is 111 Å². The van der Waals surface area contributed by atoms with Gasteiger partial charge < -0.3 is 9.73 Å². The summed E-state index contributed by atoms with van der Waals surface area (Å²) < 4.78 is 5.50. The van der Waals surface area contributed by atoms with E-state index in [1.807, 2.05) is 25.1 Å². The van der Waals surface area contributed by atoms with Gasteiger partial charge in [0, 0.05) is 18.2 Å². The van der Waals surface area contributed by atoms with Crippen LogP contribution in [0.1, 0.15) is 24.1 Å². The van der Waals surface area contributed by atoms with Gasteiger partial charge in [-0.3, -0.25) is 0 Å². The van der Waals surface area contributed by atoms with Gasteiger partial charge in [0.25, 0.3) is 0 Å². The van der Waals surface area contributed by atoms with Gasteiger partial charge >= 0.3 is 0 Å². The molecule has 94 valence electrons. The van der Waals surface area contributed by atoms with Crippen molar-refractivity contribution in [2.45, 2.75) is 32.4 Å². The molecular formula is C14H15ClN2O. The third-order valence-corrected chi connectivity index (χ3v) is 3.71. The Morgan fingerprint density at radius 3 is 3.06 bits per heavy atom. The van der Waals surface area contributed by atoms with Crippen molar-refractivity contribution in [1.82, 2.24) is 10.3 Å². The van der Waals surface area contributed by atoms with E-state index in [0.717, 1.165) is 34.1 Å². The Morgan fingerprint density at radius 2 is 2.28 bits per heavy atom. The highest BCUT2D eigenvalue weighted by molar-refractivity contribution is 6.34. The Balaban J connectivity index is 1.90. The Morgan fingerprint density at radius 1 is 1.44 bits per heavy atom. The Kier molecular flexibility index (Phi) is 3.10. The summed E-state index contributed by atoms with van der Waals surface area (Å²) in [5.74, 6) is 0.775. The standard InChI is InChI=1S/C14H15ClN2O/c1-9-3-2-4-11(13(9)15)14-12(17-8-18-14)7-16-10-5-6-10/h2-4,8,10,16H,5-7H2,1H3. The number of halogens is 1. The first kappa shape index (κ1) is 11.8. The molecule has 1 aromatic heterocycles. The predicted molar refractivity (Wildman–Crippen MR) is 71.5 cm³/mol. The van der Waals surface area contributed by atoms with Gasteiger partial charge in [-0.1, -0.05) is 23.7 Å². The molecule has 0 bridgehead atoms. The number of hydrogen-bond acceptors (Lipinski definition) is 3. The van der Waals surface area contributed by atoms with Gasteiger partial charge in [-0.25, -0.2) is 4.98 Å². The van der Waals surface area contributed by atoms with Crippen LogP contribution in [0, 0.1) is 6.92 Å². The molecule has 1 aliphatic carbocycles. The molecule has 1 aliphatic rings. The van der Waals surface area contributed by atoms with Crippen LogP contribution in [-0.2, 0) is 6.54 Å². The van der Waals surface area contributed by atoms with E-state index in [1.54, 1.807) is 0 Å². The van der Waals surface area contributed by atoms with E-state index >= 15 is 0 Å². The summed E-state index contributed by atoms with van der Waals surface area (Å²) in [5.41, 5.74) is 2.89. The molecule has 0 radical (unpaired) electrons. The fourth-order valence-electron chi connectivity index (χ4n) is 1.97. The highest BCUT2D eigenvalue weighted by Crippen LogP contribution is 2.32. The lowest BCUT2D eigenvalue weighted by molar-refractivity contribution is 0.569. The SMILES string of the molecule is Cc1cccc(-c2ocnc2CNC2CC2)c1Cl. The molecule has 18 heavy (non-hydrogen) atoms. The van der Waals surface area contributed by atoms with Crippen molar-refractivity contribution in [3.63, 3.8) is 0 Å². The van der Waals surface area contributed by atoms with Crippen LogP contribution >= 0.6 is 11.6 Å². The second kappa shape index (κ2) is 4.75. The van der Waals surface area contributed by atoms with E-state index < -0.39 is 0 Å². The number of oxazole rings is 1.